The number of ether oxygens (including phenoxy) is 1. The predicted octanol–water partition coefficient (Wildman–Crippen LogP) is 4.62. The van der Waals surface area contributed by atoms with Crippen LogP contribution in [0.2, 0.25) is 10.0 Å². The monoisotopic (exact) mass is 703 g/mol. The Morgan fingerprint density at radius 3 is 1.95 bits per heavy atom. The molecule has 0 bridgehead atoms. The Bertz CT molecular complexity index is 1140. The molecule has 0 radical (unpaired) electrons. The molecule has 0 amide bonds. The van der Waals surface area contributed by atoms with Crippen LogP contribution < -0.4 is 4.74 Å². The van der Waals surface area contributed by atoms with E-state index in [1.807, 2.05) is 0 Å². The van der Waals surface area contributed by atoms with E-state index in [9.17, 15) is 29.3 Å². The van der Waals surface area contributed by atoms with E-state index in [1.165, 1.54) is 24.3 Å². The lowest BCUT2D eigenvalue weighted by Gasteiger charge is -2.06. The third-order valence-corrected chi connectivity index (χ3v) is 4.76. The molecule has 0 aromatic heterocycles. The number of halogens is 3. The van der Waals surface area contributed by atoms with Gasteiger partial charge in [0.2, 0.25) is 5.78 Å². The van der Waals surface area contributed by atoms with Gasteiger partial charge in [0, 0.05) is 36.4 Å². The molecule has 0 saturated carbocycles. The Morgan fingerprint density at radius 2 is 1.51 bits per heavy atom. The molecule has 0 spiro atoms. The Hall–Kier alpha value is -3.50. The summed E-state index contributed by atoms with van der Waals surface area (Å²) >= 11 is 13.3. The summed E-state index contributed by atoms with van der Waals surface area (Å²) in [5.41, 5.74) is -0.137. The number of alkyl halides is 1. The smallest absolute Gasteiger partial charge is 0.372 e. The highest BCUT2D eigenvalue weighted by atomic mass is 127. The molecule has 39 heavy (non-hydrogen) atoms. The number of Topliss-reactive ketones (excluding diaryl/α,β-unsaturated/α-hetero) is 1. The van der Waals surface area contributed by atoms with Gasteiger partial charge in [-0.05, 0) is 24.6 Å². The van der Waals surface area contributed by atoms with Gasteiger partial charge in [-0.25, -0.2) is 4.79 Å². The van der Waals surface area contributed by atoms with Gasteiger partial charge in [-0.1, -0.05) is 64.0 Å². The van der Waals surface area contributed by atoms with Crippen molar-refractivity contribution in [2.45, 2.75) is 26.2 Å². The van der Waals surface area contributed by atoms with Crippen LogP contribution in [0.25, 0.3) is 0 Å². The Morgan fingerprint density at radius 1 is 0.974 bits per heavy atom. The minimum atomic E-state index is -1.59. The average Bonchev–Trinajstić information content (AvgIpc) is 2.83. The first-order valence-electron chi connectivity index (χ1n) is 10.4. The predicted molar refractivity (Wildman–Crippen MR) is 148 cm³/mol. The van der Waals surface area contributed by atoms with E-state index in [0.717, 1.165) is 6.92 Å². The number of benzene rings is 2. The number of hydrogen-bond donors (Lipinski definition) is 4. The summed E-state index contributed by atoms with van der Waals surface area (Å²) in [4.78, 5) is 59.6. The van der Waals surface area contributed by atoms with Crippen molar-refractivity contribution in [1.82, 2.24) is 0 Å². The average molecular weight is 704 g/mol. The summed E-state index contributed by atoms with van der Waals surface area (Å²) in [7, 11) is 0. The van der Waals surface area contributed by atoms with Gasteiger partial charge in [-0.15, -0.1) is 0 Å². The van der Waals surface area contributed by atoms with Crippen molar-refractivity contribution < 1.29 is 54.1 Å². The first-order valence-corrected chi connectivity index (χ1v) is 12.7. The van der Waals surface area contributed by atoms with Gasteiger partial charge in [-0.2, -0.15) is 0 Å². The Balaban J connectivity index is 0. The standard InChI is InChI=1S/C10H10Cl2O3.C9H7NO5.C2H3IO2.C2H4O2/c11-7-3-4-9(8(12)6-7)15-5-1-2-10(13)14;11-8(9(12)13)5-6-3-1-2-4-7(6)10(14)15;3-1-2(4)5;1-2(3)4/h3-4,6H,1-2,5H2,(H,13,14);1-4H,5H2,(H,12,13);1H2,(H,4,5);1H3,(H,3,4). The van der Waals surface area contributed by atoms with Crippen LogP contribution in [0.3, 0.4) is 0 Å². The fourth-order valence-corrected chi connectivity index (χ4v) is 2.55. The molecule has 2 aromatic carbocycles. The van der Waals surface area contributed by atoms with Gasteiger partial charge in [-0.3, -0.25) is 29.3 Å². The first kappa shape index (κ1) is 37.7. The molecular weight excluding hydrogens is 680 g/mol. The molecule has 0 unspecified atom stereocenters. The highest BCUT2D eigenvalue weighted by molar-refractivity contribution is 14.1. The number of carbonyl (C=O) groups is 5. The van der Waals surface area contributed by atoms with Crippen molar-refractivity contribution in [3.05, 3.63) is 68.2 Å². The zero-order valence-corrected chi connectivity index (χ0v) is 23.9. The highest BCUT2D eigenvalue weighted by Crippen LogP contribution is 2.27. The number of nitrogens with zero attached hydrogens (tertiary/aromatic N) is 1. The van der Waals surface area contributed by atoms with Gasteiger partial charge < -0.3 is 25.2 Å². The van der Waals surface area contributed by atoms with E-state index >= 15 is 0 Å². The lowest BCUT2D eigenvalue weighted by molar-refractivity contribution is -0.385. The SMILES string of the molecule is CC(=O)O.O=C(O)C(=O)Cc1ccccc1[N+](=O)[O-].O=C(O)CCCOc1ccc(Cl)cc1Cl.O=C(O)CI. The maximum absolute atomic E-state index is 10.9. The maximum Gasteiger partial charge on any atom is 0.372 e. The van der Waals surface area contributed by atoms with E-state index in [1.54, 1.807) is 40.8 Å². The molecule has 0 atom stereocenters. The van der Waals surface area contributed by atoms with Crippen molar-refractivity contribution in [2.24, 2.45) is 0 Å². The summed E-state index contributed by atoms with van der Waals surface area (Å²) < 4.78 is 5.48. The lowest BCUT2D eigenvalue weighted by Crippen LogP contribution is -2.15. The lowest BCUT2D eigenvalue weighted by atomic mass is 10.1. The molecule has 16 heteroatoms. The van der Waals surface area contributed by atoms with Gasteiger partial charge in [0.15, 0.2) is 0 Å². The topological polar surface area (TPSA) is 219 Å². The second-order valence-corrected chi connectivity index (χ2v) is 8.36. The number of carbonyl (C=O) groups excluding carboxylic acids is 1. The van der Waals surface area contributed by atoms with E-state index in [2.05, 4.69) is 0 Å². The van der Waals surface area contributed by atoms with Crippen molar-refractivity contribution in [3.8, 4) is 5.75 Å². The maximum atomic E-state index is 10.9. The van der Waals surface area contributed by atoms with Gasteiger partial charge >= 0.3 is 17.9 Å². The quantitative estimate of drug-likeness (QED) is 0.0665. The molecule has 0 aliphatic carbocycles. The molecule has 0 heterocycles. The Kier molecular flexibility index (Phi) is 20.7. The van der Waals surface area contributed by atoms with Gasteiger partial charge in [0.25, 0.3) is 11.7 Å². The number of rotatable bonds is 10. The number of aliphatic carboxylic acids is 4. The van der Waals surface area contributed by atoms with Gasteiger partial charge in [0.05, 0.1) is 21.0 Å². The minimum Gasteiger partial charge on any atom is -0.492 e. The highest BCUT2D eigenvalue weighted by Gasteiger charge is 2.19. The third kappa shape index (κ3) is 21.2. The second kappa shape index (κ2) is 21.4. The van der Waals surface area contributed by atoms with Crippen LogP contribution in [0.5, 0.6) is 5.75 Å². The fraction of sp³-hybridized carbons (Fsp3) is 0.261. The van der Waals surface area contributed by atoms with E-state index in [-0.39, 0.29) is 22.1 Å². The molecule has 2 rings (SSSR count). The summed E-state index contributed by atoms with van der Waals surface area (Å²) in [6.45, 7) is 1.41. The number of nitro benzene ring substituents is 1. The third-order valence-electron chi connectivity index (χ3n) is 3.58. The zero-order chi connectivity index (χ0) is 30.5. The van der Waals surface area contributed by atoms with Crippen LogP contribution in [0, 0.1) is 10.1 Å². The van der Waals surface area contributed by atoms with Crippen LogP contribution >= 0.6 is 45.8 Å². The molecule has 2 aromatic rings. The van der Waals surface area contributed by atoms with Crippen molar-refractivity contribution >= 4 is 81.1 Å². The molecule has 13 nitrogen and oxygen atoms in total. The van der Waals surface area contributed by atoms with E-state index in [0.29, 0.717) is 28.8 Å². The zero-order valence-electron chi connectivity index (χ0n) is 20.2. The first-order chi connectivity index (χ1) is 18.1. The number of ketones is 1. The summed E-state index contributed by atoms with van der Waals surface area (Å²) in [5, 5.41) is 43.4. The summed E-state index contributed by atoms with van der Waals surface area (Å²) in [5.74, 6) is -4.56. The van der Waals surface area contributed by atoms with Crippen LogP contribution in [-0.4, -0.2) is 66.0 Å². The van der Waals surface area contributed by atoms with Crippen LogP contribution in [0.4, 0.5) is 5.69 Å². The normalized spacial score (nSPS) is 9.13. The largest absolute Gasteiger partial charge is 0.492 e. The summed E-state index contributed by atoms with van der Waals surface area (Å²) in [6, 6.07) is 10.5. The molecule has 4 N–H and O–H groups in total. The van der Waals surface area contributed by atoms with Crippen LogP contribution in [0.15, 0.2) is 42.5 Å². The Labute approximate surface area is 245 Å². The molecular formula is C23H24Cl2INO12. The van der Waals surface area contributed by atoms with E-state index in [4.69, 9.17) is 53.2 Å². The van der Waals surface area contributed by atoms with Crippen molar-refractivity contribution in [3.63, 3.8) is 0 Å². The molecule has 214 valence electrons. The number of para-hydroxylation sites is 1. The number of nitro groups is 1. The van der Waals surface area contributed by atoms with Crippen LogP contribution in [-0.2, 0) is 30.4 Å². The summed E-state index contributed by atoms with van der Waals surface area (Å²) in [6.07, 6.45) is 0.0754. The molecule has 0 aliphatic rings. The molecule has 0 fully saturated rings. The van der Waals surface area contributed by atoms with E-state index < -0.39 is 41.0 Å². The number of hydrogen-bond acceptors (Lipinski definition) is 8. The number of carboxylic acids is 4. The van der Waals surface area contributed by atoms with Crippen LogP contribution in [0.1, 0.15) is 25.3 Å². The molecule has 0 saturated heterocycles. The van der Waals surface area contributed by atoms with Crippen molar-refractivity contribution in [1.29, 1.82) is 0 Å². The van der Waals surface area contributed by atoms with Gasteiger partial charge in [0.1, 0.15) is 5.75 Å². The second-order valence-electron chi connectivity index (χ2n) is 6.76. The van der Waals surface area contributed by atoms with Crippen molar-refractivity contribution in [2.75, 3.05) is 11.0 Å². The molecule has 0 aliphatic heterocycles. The number of carboxylic acid groups (broad SMARTS) is 4. The minimum absolute atomic E-state index is 0.0885. The fourth-order valence-electron chi connectivity index (χ4n) is 2.08.